The normalized spacial score (nSPS) is 11.3. The smallest absolute Gasteiger partial charge is 0.266 e. The Balaban J connectivity index is 1.80. The van der Waals surface area contributed by atoms with Crippen molar-refractivity contribution < 1.29 is 4.79 Å². The monoisotopic (exact) mass is 431 g/mol. The van der Waals surface area contributed by atoms with Crippen LogP contribution in [0.5, 0.6) is 0 Å². The van der Waals surface area contributed by atoms with Crippen LogP contribution in [0.4, 0.5) is 0 Å². The van der Waals surface area contributed by atoms with Gasteiger partial charge in [-0.1, -0.05) is 41.6 Å². The average Bonchev–Trinajstić information content (AvgIpc) is 3.00. The van der Waals surface area contributed by atoms with Gasteiger partial charge in [0.1, 0.15) is 0 Å². The predicted octanol–water partition coefficient (Wildman–Crippen LogP) is 4.93. The zero-order valence-electron chi connectivity index (χ0n) is 18.4. The molecule has 158 valence electrons. The molecular weight excluding hydrogens is 406 g/mol. The lowest BCUT2D eigenvalue weighted by molar-refractivity contribution is 0.102. The van der Waals surface area contributed by atoms with E-state index in [1.807, 2.05) is 81.8 Å². The van der Waals surface area contributed by atoms with Crippen molar-refractivity contribution in [2.45, 2.75) is 32.9 Å². The first-order valence-electron chi connectivity index (χ1n) is 10.2. The number of benzene rings is 2. The number of aromatic nitrogens is 3. The maximum atomic E-state index is 13.4. The molecular formula is C25H25N3O2S. The summed E-state index contributed by atoms with van der Waals surface area (Å²) in [6.45, 7) is 7.95. The molecule has 5 nitrogen and oxygen atoms in total. The van der Waals surface area contributed by atoms with Gasteiger partial charge in [0.2, 0.25) is 0 Å². The number of para-hydroxylation sites is 1. The summed E-state index contributed by atoms with van der Waals surface area (Å²) in [6.07, 6.45) is 0. The minimum absolute atomic E-state index is 0.0285. The Bertz CT molecular complexity index is 1380. The summed E-state index contributed by atoms with van der Waals surface area (Å²) in [5, 5.41) is 1.09. The average molecular weight is 432 g/mol. The minimum Gasteiger partial charge on any atom is -0.351 e. The number of carbonyl (C=O) groups excluding carboxylic acids is 1. The Morgan fingerprint density at radius 1 is 1.03 bits per heavy atom. The largest absolute Gasteiger partial charge is 0.351 e. The fourth-order valence-corrected chi connectivity index (χ4v) is 4.71. The van der Waals surface area contributed by atoms with Gasteiger partial charge in [0.15, 0.2) is 10.9 Å². The maximum absolute atomic E-state index is 13.4. The Hall–Kier alpha value is -3.12. The molecule has 0 bridgehead atoms. The highest BCUT2D eigenvalue weighted by Crippen LogP contribution is 2.25. The highest BCUT2D eigenvalue weighted by atomic mass is 32.2. The van der Waals surface area contributed by atoms with E-state index < -0.39 is 0 Å². The molecule has 2 heterocycles. The van der Waals surface area contributed by atoms with Crippen LogP contribution in [0.3, 0.4) is 0 Å². The van der Waals surface area contributed by atoms with Crippen LogP contribution in [0.25, 0.3) is 16.6 Å². The molecule has 4 aromatic rings. The van der Waals surface area contributed by atoms with E-state index in [4.69, 9.17) is 4.98 Å². The van der Waals surface area contributed by atoms with Crippen molar-refractivity contribution in [1.29, 1.82) is 0 Å². The van der Waals surface area contributed by atoms with Crippen LogP contribution < -0.4 is 5.56 Å². The summed E-state index contributed by atoms with van der Waals surface area (Å²) in [5.74, 6) is 0.237. The molecule has 0 N–H and O–H groups in total. The van der Waals surface area contributed by atoms with E-state index in [2.05, 4.69) is 0 Å². The summed E-state index contributed by atoms with van der Waals surface area (Å²) in [4.78, 5) is 31.1. The van der Waals surface area contributed by atoms with Gasteiger partial charge < -0.3 is 4.57 Å². The number of hydrogen-bond acceptors (Lipinski definition) is 4. The van der Waals surface area contributed by atoms with E-state index in [0.29, 0.717) is 21.6 Å². The second kappa shape index (κ2) is 8.19. The van der Waals surface area contributed by atoms with Crippen LogP contribution in [-0.4, -0.2) is 25.7 Å². The fourth-order valence-electron chi connectivity index (χ4n) is 3.82. The molecule has 0 aliphatic heterocycles. The van der Waals surface area contributed by atoms with E-state index in [1.54, 1.807) is 10.6 Å². The van der Waals surface area contributed by atoms with Gasteiger partial charge in [0.25, 0.3) is 5.56 Å². The van der Waals surface area contributed by atoms with Crippen molar-refractivity contribution in [2.75, 3.05) is 5.75 Å². The summed E-state index contributed by atoms with van der Waals surface area (Å²) in [7, 11) is 1.96. The molecule has 0 radical (unpaired) electrons. The molecule has 31 heavy (non-hydrogen) atoms. The first-order chi connectivity index (χ1) is 14.8. The third-order valence-corrected chi connectivity index (χ3v) is 6.68. The molecule has 0 unspecified atom stereocenters. The molecule has 0 saturated carbocycles. The number of fused-ring (bicyclic) bond motifs is 1. The van der Waals surface area contributed by atoms with E-state index >= 15 is 0 Å². The molecule has 6 heteroatoms. The molecule has 0 spiro atoms. The molecule has 0 saturated heterocycles. The molecule has 0 aliphatic rings. The van der Waals surface area contributed by atoms with E-state index in [-0.39, 0.29) is 17.1 Å². The summed E-state index contributed by atoms with van der Waals surface area (Å²) in [6, 6.07) is 15.2. The van der Waals surface area contributed by atoms with E-state index in [0.717, 1.165) is 28.2 Å². The molecule has 2 aromatic heterocycles. The molecule has 0 atom stereocenters. The number of carbonyl (C=O) groups is 1. The lowest BCUT2D eigenvalue weighted by atomic mass is 10.1. The molecule has 4 rings (SSSR count). The summed E-state index contributed by atoms with van der Waals surface area (Å²) in [5.41, 5.74) is 6.12. The van der Waals surface area contributed by atoms with Crippen molar-refractivity contribution in [3.63, 3.8) is 0 Å². The van der Waals surface area contributed by atoms with Crippen molar-refractivity contribution >= 4 is 28.4 Å². The van der Waals surface area contributed by atoms with Crippen LogP contribution in [0.2, 0.25) is 0 Å². The Labute approximate surface area is 185 Å². The number of hydrogen-bond donors (Lipinski definition) is 0. The number of ketones is 1. The summed E-state index contributed by atoms with van der Waals surface area (Å²) < 4.78 is 3.65. The quantitative estimate of drug-likeness (QED) is 0.255. The number of nitrogens with zero attached hydrogens (tertiary/aromatic N) is 3. The number of aryl methyl sites for hydroxylation is 3. The minimum atomic E-state index is -0.126. The van der Waals surface area contributed by atoms with Crippen molar-refractivity contribution in [3.05, 3.63) is 87.0 Å². The Morgan fingerprint density at radius 3 is 2.45 bits per heavy atom. The zero-order chi connectivity index (χ0) is 22.3. The third-order valence-electron chi connectivity index (χ3n) is 5.75. The Morgan fingerprint density at radius 2 is 1.77 bits per heavy atom. The Kier molecular flexibility index (Phi) is 5.58. The van der Waals surface area contributed by atoms with Crippen molar-refractivity contribution in [3.8, 4) is 5.69 Å². The van der Waals surface area contributed by atoms with Gasteiger partial charge in [-0.05, 0) is 57.5 Å². The van der Waals surface area contributed by atoms with Gasteiger partial charge in [-0.15, -0.1) is 0 Å². The van der Waals surface area contributed by atoms with Crippen LogP contribution in [0.15, 0.2) is 58.5 Å². The van der Waals surface area contributed by atoms with Crippen LogP contribution in [-0.2, 0) is 7.05 Å². The first kappa shape index (κ1) is 21.1. The lowest BCUT2D eigenvalue weighted by Gasteiger charge is -2.15. The zero-order valence-corrected chi connectivity index (χ0v) is 19.2. The van der Waals surface area contributed by atoms with Crippen molar-refractivity contribution in [2.24, 2.45) is 7.05 Å². The third kappa shape index (κ3) is 3.83. The summed E-state index contributed by atoms with van der Waals surface area (Å²) >= 11 is 1.30. The van der Waals surface area contributed by atoms with Gasteiger partial charge in [0, 0.05) is 24.0 Å². The van der Waals surface area contributed by atoms with Gasteiger partial charge in [-0.2, -0.15) is 0 Å². The van der Waals surface area contributed by atoms with Gasteiger partial charge in [0.05, 0.1) is 22.3 Å². The highest BCUT2D eigenvalue weighted by molar-refractivity contribution is 7.99. The fraction of sp³-hybridized carbons (Fsp3) is 0.240. The molecule has 2 aromatic carbocycles. The van der Waals surface area contributed by atoms with E-state index in [9.17, 15) is 9.59 Å². The predicted molar refractivity (Wildman–Crippen MR) is 127 cm³/mol. The lowest BCUT2D eigenvalue weighted by Crippen LogP contribution is -2.23. The maximum Gasteiger partial charge on any atom is 0.266 e. The van der Waals surface area contributed by atoms with Crippen LogP contribution in [0, 0.1) is 27.7 Å². The number of rotatable bonds is 5. The van der Waals surface area contributed by atoms with Crippen LogP contribution in [0.1, 0.15) is 32.9 Å². The molecule has 0 aliphatic carbocycles. The molecule has 0 amide bonds. The first-order valence-corrected chi connectivity index (χ1v) is 11.1. The van der Waals surface area contributed by atoms with Gasteiger partial charge >= 0.3 is 0 Å². The second-order valence-electron chi connectivity index (χ2n) is 7.90. The number of Topliss-reactive ketones (excluding diaryl/α,β-unsaturated/α-hetero) is 1. The standard InChI is InChI=1S/C25H25N3O2S/c1-15-10-11-22(16(2)12-15)28-24(30)19-8-6-7-9-21(19)26-25(28)31-14-23(29)20-13-17(3)27(5)18(20)4/h6-13H,14H2,1-5H3. The SMILES string of the molecule is Cc1ccc(-n2c(SCC(=O)c3cc(C)n(C)c3C)nc3ccccc3c2=O)c(C)c1. The van der Waals surface area contributed by atoms with Crippen molar-refractivity contribution in [1.82, 2.24) is 14.1 Å². The number of thioether (sulfide) groups is 1. The van der Waals surface area contributed by atoms with Crippen LogP contribution >= 0.6 is 11.8 Å². The molecule has 0 fully saturated rings. The second-order valence-corrected chi connectivity index (χ2v) is 8.84. The topological polar surface area (TPSA) is 56.9 Å². The highest BCUT2D eigenvalue weighted by Gasteiger charge is 2.19. The van der Waals surface area contributed by atoms with Gasteiger partial charge in [-0.25, -0.2) is 4.98 Å². The van der Waals surface area contributed by atoms with Gasteiger partial charge in [-0.3, -0.25) is 14.2 Å². The van der Waals surface area contributed by atoms with E-state index in [1.165, 1.54) is 11.8 Å².